The zero-order chi connectivity index (χ0) is 17.3. The van der Waals surface area contributed by atoms with E-state index in [2.05, 4.69) is 36.2 Å². The number of carbonyl (C=O) groups excluding carboxylic acids is 1. The standard InChI is InChI=1S/C14H12BrClN6O2/c1-2-24-13(23)11-18-14(17)22(21-11)12-9(15)10(19-20-12)7-3-5-8(16)6-4-7/h3-6H,2H2,1H3,(H,19,20)(H2,17,18,21). The molecule has 3 N–H and O–H groups in total. The number of nitrogen functional groups attached to an aromatic ring is 1. The maximum absolute atomic E-state index is 11.7. The number of nitrogens with one attached hydrogen (secondary N) is 1. The van der Waals surface area contributed by atoms with Crippen LogP contribution in [0.25, 0.3) is 17.1 Å². The summed E-state index contributed by atoms with van der Waals surface area (Å²) < 4.78 is 6.74. The number of anilines is 1. The second-order valence-electron chi connectivity index (χ2n) is 4.67. The van der Waals surface area contributed by atoms with Crippen molar-refractivity contribution in [2.75, 3.05) is 12.3 Å². The van der Waals surface area contributed by atoms with Crippen LogP contribution in [0.15, 0.2) is 28.7 Å². The first-order valence-corrected chi connectivity index (χ1v) is 8.08. The molecule has 0 unspecified atom stereocenters. The van der Waals surface area contributed by atoms with Crippen LogP contribution < -0.4 is 5.73 Å². The highest BCUT2D eigenvalue weighted by atomic mass is 79.9. The van der Waals surface area contributed by atoms with Gasteiger partial charge in [-0.15, -0.1) is 5.10 Å². The van der Waals surface area contributed by atoms with Crippen LogP contribution >= 0.6 is 27.5 Å². The Morgan fingerprint density at radius 3 is 2.79 bits per heavy atom. The number of ether oxygens (including phenoxy) is 1. The van der Waals surface area contributed by atoms with E-state index in [0.717, 1.165) is 5.56 Å². The molecule has 0 saturated carbocycles. The van der Waals surface area contributed by atoms with E-state index in [-0.39, 0.29) is 18.4 Å². The van der Waals surface area contributed by atoms with Gasteiger partial charge in [0.05, 0.1) is 16.8 Å². The average Bonchev–Trinajstić information content (AvgIpc) is 3.11. The molecular weight excluding hydrogens is 400 g/mol. The Kier molecular flexibility index (Phi) is 4.54. The van der Waals surface area contributed by atoms with Crippen molar-refractivity contribution in [3.05, 3.63) is 39.6 Å². The van der Waals surface area contributed by atoms with Crippen LogP contribution in [0.2, 0.25) is 5.02 Å². The van der Waals surface area contributed by atoms with Crippen molar-refractivity contribution < 1.29 is 9.53 Å². The molecule has 0 spiro atoms. The van der Waals surface area contributed by atoms with E-state index in [1.807, 2.05) is 12.1 Å². The number of hydrogen-bond acceptors (Lipinski definition) is 6. The third kappa shape index (κ3) is 3.00. The van der Waals surface area contributed by atoms with Crippen molar-refractivity contribution in [2.45, 2.75) is 6.92 Å². The Labute approximate surface area is 150 Å². The minimum Gasteiger partial charge on any atom is -0.460 e. The van der Waals surface area contributed by atoms with Gasteiger partial charge in [0.25, 0.3) is 5.82 Å². The fourth-order valence-electron chi connectivity index (χ4n) is 2.03. The highest BCUT2D eigenvalue weighted by molar-refractivity contribution is 9.10. The number of H-pyrrole nitrogens is 1. The Morgan fingerprint density at radius 2 is 2.12 bits per heavy atom. The first-order valence-electron chi connectivity index (χ1n) is 6.91. The van der Waals surface area contributed by atoms with E-state index in [1.54, 1.807) is 19.1 Å². The Morgan fingerprint density at radius 1 is 1.42 bits per heavy atom. The quantitative estimate of drug-likeness (QED) is 0.639. The van der Waals surface area contributed by atoms with Gasteiger partial charge >= 0.3 is 5.97 Å². The van der Waals surface area contributed by atoms with Crippen LogP contribution in [0.4, 0.5) is 5.95 Å². The number of hydrogen-bond donors (Lipinski definition) is 2. The molecule has 3 aromatic rings. The van der Waals surface area contributed by atoms with E-state index in [4.69, 9.17) is 22.1 Å². The first kappa shape index (κ1) is 16.5. The van der Waals surface area contributed by atoms with Gasteiger partial charge in [0.15, 0.2) is 5.82 Å². The van der Waals surface area contributed by atoms with Crippen LogP contribution in [0, 0.1) is 0 Å². The van der Waals surface area contributed by atoms with E-state index in [1.165, 1.54) is 4.68 Å². The lowest BCUT2D eigenvalue weighted by Crippen LogP contribution is -2.08. The second kappa shape index (κ2) is 6.62. The fraction of sp³-hybridized carbons (Fsp3) is 0.143. The number of aromatic amines is 1. The number of esters is 1. The van der Waals surface area contributed by atoms with Gasteiger partial charge < -0.3 is 10.5 Å². The molecule has 2 aromatic heterocycles. The molecule has 0 aliphatic rings. The molecule has 0 aliphatic carbocycles. The Balaban J connectivity index is 1.99. The van der Waals surface area contributed by atoms with Gasteiger partial charge in [-0.25, -0.2) is 4.79 Å². The maximum Gasteiger partial charge on any atom is 0.378 e. The van der Waals surface area contributed by atoms with Gasteiger partial charge in [0.2, 0.25) is 5.95 Å². The highest BCUT2D eigenvalue weighted by Crippen LogP contribution is 2.32. The van der Waals surface area contributed by atoms with Gasteiger partial charge in [-0.1, -0.05) is 23.7 Å². The molecule has 8 nitrogen and oxygen atoms in total. The maximum atomic E-state index is 11.7. The molecule has 0 bridgehead atoms. The van der Waals surface area contributed by atoms with Crippen LogP contribution in [-0.4, -0.2) is 37.5 Å². The number of nitrogens with zero attached hydrogens (tertiary/aromatic N) is 4. The molecule has 3 rings (SSSR count). The zero-order valence-electron chi connectivity index (χ0n) is 12.5. The lowest BCUT2D eigenvalue weighted by atomic mass is 10.1. The summed E-state index contributed by atoms with van der Waals surface area (Å²) in [6.45, 7) is 1.92. The SMILES string of the molecule is CCOC(=O)c1nc(N)n(-c2n[nH]c(-c3ccc(Cl)cc3)c2Br)n1. The van der Waals surface area contributed by atoms with Gasteiger partial charge in [-0.3, -0.25) is 5.10 Å². The number of rotatable bonds is 4. The van der Waals surface area contributed by atoms with Crippen molar-refractivity contribution in [3.8, 4) is 17.1 Å². The summed E-state index contributed by atoms with van der Waals surface area (Å²) in [5.74, 6) is -0.377. The van der Waals surface area contributed by atoms with Crippen molar-refractivity contribution in [1.29, 1.82) is 0 Å². The third-order valence-corrected chi connectivity index (χ3v) is 4.12. The number of benzene rings is 1. The normalized spacial score (nSPS) is 10.8. The van der Waals surface area contributed by atoms with E-state index in [0.29, 0.717) is 21.0 Å². The molecule has 0 amide bonds. The fourth-order valence-corrected chi connectivity index (χ4v) is 2.73. The third-order valence-electron chi connectivity index (χ3n) is 3.11. The summed E-state index contributed by atoms with van der Waals surface area (Å²) in [4.78, 5) is 15.6. The molecule has 124 valence electrons. The minimum absolute atomic E-state index is 0.0212. The summed E-state index contributed by atoms with van der Waals surface area (Å²) in [6.07, 6.45) is 0. The summed E-state index contributed by atoms with van der Waals surface area (Å²) in [5, 5.41) is 11.8. The molecule has 2 heterocycles. The highest BCUT2D eigenvalue weighted by Gasteiger charge is 2.21. The van der Waals surface area contributed by atoms with Crippen LogP contribution in [0.1, 0.15) is 17.5 Å². The Hall–Kier alpha value is -2.39. The number of halogens is 2. The lowest BCUT2D eigenvalue weighted by molar-refractivity contribution is 0.0512. The Bertz CT molecular complexity index is 889. The van der Waals surface area contributed by atoms with Gasteiger partial charge in [0.1, 0.15) is 0 Å². The van der Waals surface area contributed by atoms with Crippen molar-refractivity contribution >= 4 is 39.4 Å². The van der Waals surface area contributed by atoms with Crippen LogP contribution in [0.3, 0.4) is 0 Å². The van der Waals surface area contributed by atoms with E-state index >= 15 is 0 Å². The number of aromatic nitrogens is 5. The molecule has 0 atom stereocenters. The topological polar surface area (TPSA) is 112 Å². The van der Waals surface area contributed by atoms with Crippen LogP contribution in [0.5, 0.6) is 0 Å². The summed E-state index contributed by atoms with van der Waals surface area (Å²) >= 11 is 9.37. The van der Waals surface area contributed by atoms with E-state index < -0.39 is 5.97 Å². The summed E-state index contributed by atoms with van der Waals surface area (Å²) in [5.41, 5.74) is 7.42. The van der Waals surface area contributed by atoms with Crippen molar-refractivity contribution in [1.82, 2.24) is 25.0 Å². The molecule has 10 heteroatoms. The predicted octanol–water partition coefficient (Wildman–Crippen LogP) is 2.83. The van der Waals surface area contributed by atoms with Crippen molar-refractivity contribution in [2.24, 2.45) is 0 Å². The monoisotopic (exact) mass is 410 g/mol. The average molecular weight is 412 g/mol. The number of nitrogens with two attached hydrogens (primary N) is 1. The number of carbonyl (C=O) groups is 1. The summed E-state index contributed by atoms with van der Waals surface area (Å²) in [6, 6.07) is 7.23. The largest absolute Gasteiger partial charge is 0.460 e. The first-order chi connectivity index (χ1) is 11.5. The molecule has 0 fully saturated rings. The molecule has 24 heavy (non-hydrogen) atoms. The smallest absolute Gasteiger partial charge is 0.378 e. The molecular formula is C14H12BrClN6O2. The van der Waals surface area contributed by atoms with Gasteiger partial charge in [-0.2, -0.15) is 14.8 Å². The van der Waals surface area contributed by atoms with Gasteiger partial charge in [-0.05, 0) is 35.0 Å². The van der Waals surface area contributed by atoms with Crippen molar-refractivity contribution in [3.63, 3.8) is 0 Å². The molecule has 0 saturated heterocycles. The predicted molar refractivity (Wildman–Crippen MR) is 92.0 cm³/mol. The summed E-state index contributed by atoms with van der Waals surface area (Å²) in [7, 11) is 0. The van der Waals surface area contributed by atoms with Gasteiger partial charge in [0, 0.05) is 10.6 Å². The zero-order valence-corrected chi connectivity index (χ0v) is 14.8. The molecule has 0 radical (unpaired) electrons. The van der Waals surface area contributed by atoms with E-state index in [9.17, 15) is 4.79 Å². The van der Waals surface area contributed by atoms with Crippen LogP contribution in [-0.2, 0) is 4.74 Å². The molecule has 0 aliphatic heterocycles. The lowest BCUT2D eigenvalue weighted by Gasteiger charge is -2.00. The minimum atomic E-state index is -0.646. The second-order valence-corrected chi connectivity index (χ2v) is 5.90. The molecule has 1 aromatic carbocycles.